The molecule has 0 atom stereocenters. The summed E-state index contributed by atoms with van der Waals surface area (Å²) in [5.41, 5.74) is 0.725. The Kier molecular flexibility index (Phi) is 3.32. The first kappa shape index (κ1) is 10.1. The maximum absolute atomic E-state index is 10.7. The number of hydrogen-bond acceptors (Lipinski definition) is 2. The van der Waals surface area contributed by atoms with Crippen molar-refractivity contribution < 1.29 is 9.90 Å². The minimum absolute atomic E-state index is 0.0883. The SMILES string of the molecule is CC(=O)CCc1cccc(Cl)c1O. The van der Waals surface area contributed by atoms with Crippen LogP contribution in [0.15, 0.2) is 18.2 Å². The molecule has 0 heterocycles. The van der Waals surface area contributed by atoms with Gasteiger partial charge in [-0.1, -0.05) is 23.7 Å². The first-order valence-corrected chi connectivity index (χ1v) is 4.45. The number of phenols is 1. The molecule has 0 saturated heterocycles. The third kappa shape index (κ3) is 2.74. The highest BCUT2D eigenvalue weighted by Crippen LogP contribution is 2.27. The van der Waals surface area contributed by atoms with Gasteiger partial charge in [0.15, 0.2) is 0 Å². The molecule has 0 fully saturated rings. The smallest absolute Gasteiger partial charge is 0.137 e. The summed E-state index contributed by atoms with van der Waals surface area (Å²) in [6, 6.07) is 5.15. The molecule has 3 heteroatoms. The number of carbonyl (C=O) groups excluding carboxylic acids is 1. The van der Waals surface area contributed by atoms with Gasteiger partial charge < -0.3 is 9.90 Å². The molecular weight excluding hydrogens is 188 g/mol. The Morgan fingerprint density at radius 2 is 2.23 bits per heavy atom. The summed E-state index contributed by atoms with van der Waals surface area (Å²) >= 11 is 5.69. The van der Waals surface area contributed by atoms with E-state index in [2.05, 4.69) is 0 Å². The lowest BCUT2D eigenvalue weighted by atomic mass is 10.1. The minimum Gasteiger partial charge on any atom is -0.506 e. The molecule has 2 nitrogen and oxygen atoms in total. The number of Topliss-reactive ketones (excluding diaryl/α,β-unsaturated/α-hetero) is 1. The maximum Gasteiger partial charge on any atom is 0.137 e. The van der Waals surface area contributed by atoms with E-state index in [1.54, 1.807) is 18.2 Å². The van der Waals surface area contributed by atoms with Gasteiger partial charge in [-0.25, -0.2) is 0 Å². The minimum atomic E-state index is 0.0883. The molecule has 70 valence electrons. The van der Waals surface area contributed by atoms with Gasteiger partial charge in [-0.15, -0.1) is 0 Å². The standard InChI is InChI=1S/C10H11ClO2/c1-7(12)5-6-8-3-2-4-9(11)10(8)13/h2-4,13H,5-6H2,1H3. The molecule has 0 aliphatic rings. The molecule has 0 bridgehead atoms. The van der Waals surface area contributed by atoms with E-state index in [9.17, 15) is 9.90 Å². The van der Waals surface area contributed by atoms with Crippen molar-refractivity contribution in [2.24, 2.45) is 0 Å². The number of benzene rings is 1. The number of aryl methyl sites for hydroxylation is 1. The summed E-state index contributed by atoms with van der Waals surface area (Å²) in [6.07, 6.45) is 0.982. The van der Waals surface area contributed by atoms with E-state index in [1.807, 2.05) is 0 Å². The van der Waals surface area contributed by atoms with Gasteiger partial charge in [0.1, 0.15) is 11.5 Å². The fourth-order valence-electron chi connectivity index (χ4n) is 1.07. The fraction of sp³-hybridized carbons (Fsp3) is 0.300. The predicted molar refractivity (Wildman–Crippen MR) is 52.1 cm³/mol. The van der Waals surface area contributed by atoms with Crippen LogP contribution in [0.3, 0.4) is 0 Å². The molecule has 13 heavy (non-hydrogen) atoms. The summed E-state index contributed by atoms with van der Waals surface area (Å²) in [5.74, 6) is 0.199. The van der Waals surface area contributed by atoms with E-state index in [0.29, 0.717) is 17.9 Å². The van der Waals surface area contributed by atoms with Crippen LogP contribution in [0, 0.1) is 0 Å². The number of carbonyl (C=O) groups is 1. The Morgan fingerprint density at radius 1 is 1.54 bits per heavy atom. The van der Waals surface area contributed by atoms with Crippen molar-refractivity contribution in [3.8, 4) is 5.75 Å². The first-order valence-electron chi connectivity index (χ1n) is 4.07. The third-order valence-corrected chi connectivity index (χ3v) is 2.12. The highest BCUT2D eigenvalue weighted by Gasteiger charge is 2.05. The van der Waals surface area contributed by atoms with Gasteiger partial charge in [0.05, 0.1) is 5.02 Å². The van der Waals surface area contributed by atoms with Crippen LogP contribution in [0.4, 0.5) is 0 Å². The summed E-state index contributed by atoms with van der Waals surface area (Å²) in [7, 11) is 0. The van der Waals surface area contributed by atoms with Crippen LogP contribution in [0.1, 0.15) is 18.9 Å². The van der Waals surface area contributed by atoms with Gasteiger partial charge in [-0.05, 0) is 25.0 Å². The molecule has 0 aliphatic carbocycles. The third-order valence-electron chi connectivity index (χ3n) is 1.82. The quantitative estimate of drug-likeness (QED) is 0.811. The second kappa shape index (κ2) is 4.28. The second-order valence-electron chi connectivity index (χ2n) is 2.95. The zero-order valence-corrected chi connectivity index (χ0v) is 8.14. The van der Waals surface area contributed by atoms with Crippen LogP contribution in [0.5, 0.6) is 5.75 Å². The van der Waals surface area contributed by atoms with Gasteiger partial charge in [0, 0.05) is 6.42 Å². The number of para-hydroxylation sites is 1. The molecule has 0 radical (unpaired) electrons. The average molecular weight is 199 g/mol. The molecule has 0 aromatic heterocycles. The lowest BCUT2D eigenvalue weighted by Crippen LogP contribution is -1.94. The van der Waals surface area contributed by atoms with Crippen LogP contribution in [-0.4, -0.2) is 10.9 Å². The lowest BCUT2D eigenvalue weighted by molar-refractivity contribution is -0.116. The van der Waals surface area contributed by atoms with E-state index in [0.717, 1.165) is 5.56 Å². The number of hydrogen-bond donors (Lipinski definition) is 1. The van der Waals surface area contributed by atoms with Crippen LogP contribution in [-0.2, 0) is 11.2 Å². The normalized spacial score (nSPS) is 10.0. The number of phenolic OH excluding ortho intramolecular Hbond substituents is 1. The van der Waals surface area contributed by atoms with Crippen LogP contribution < -0.4 is 0 Å². The van der Waals surface area contributed by atoms with Gasteiger partial charge in [-0.3, -0.25) is 0 Å². The first-order chi connectivity index (χ1) is 6.11. The van der Waals surface area contributed by atoms with Crippen molar-refractivity contribution in [1.82, 2.24) is 0 Å². The number of rotatable bonds is 3. The highest BCUT2D eigenvalue weighted by molar-refractivity contribution is 6.32. The molecule has 0 spiro atoms. The predicted octanol–water partition coefficient (Wildman–Crippen LogP) is 2.57. The molecule has 0 aliphatic heterocycles. The summed E-state index contributed by atoms with van der Waals surface area (Å²) in [6.45, 7) is 1.53. The monoisotopic (exact) mass is 198 g/mol. The Labute approximate surface area is 82.2 Å². The molecule has 1 N–H and O–H groups in total. The largest absolute Gasteiger partial charge is 0.506 e. The Hall–Kier alpha value is -1.02. The maximum atomic E-state index is 10.7. The van der Waals surface area contributed by atoms with Crippen LogP contribution in [0.25, 0.3) is 0 Å². The van der Waals surface area contributed by atoms with Crippen molar-refractivity contribution in [1.29, 1.82) is 0 Å². The lowest BCUT2D eigenvalue weighted by Gasteiger charge is -2.03. The van der Waals surface area contributed by atoms with E-state index in [-0.39, 0.29) is 11.5 Å². The number of halogens is 1. The van der Waals surface area contributed by atoms with Gasteiger partial charge in [-0.2, -0.15) is 0 Å². The van der Waals surface area contributed by atoms with Gasteiger partial charge in [0.25, 0.3) is 0 Å². The van der Waals surface area contributed by atoms with E-state index < -0.39 is 0 Å². The topological polar surface area (TPSA) is 37.3 Å². The summed E-state index contributed by atoms with van der Waals surface area (Å²) in [4.78, 5) is 10.7. The summed E-state index contributed by atoms with van der Waals surface area (Å²) in [5, 5.41) is 9.80. The van der Waals surface area contributed by atoms with Gasteiger partial charge >= 0.3 is 0 Å². The number of aromatic hydroxyl groups is 1. The van der Waals surface area contributed by atoms with Crippen molar-refractivity contribution in [3.63, 3.8) is 0 Å². The highest BCUT2D eigenvalue weighted by atomic mass is 35.5. The molecule has 1 aromatic carbocycles. The zero-order chi connectivity index (χ0) is 9.84. The number of ketones is 1. The molecule has 1 aromatic rings. The van der Waals surface area contributed by atoms with Crippen LogP contribution in [0.2, 0.25) is 5.02 Å². The Balaban J connectivity index is 2.77. The Bertz CT molecular complexity index is 321. The summed E-state index contributed by atoms with van der Waals surface area (Å²) < 4.78 is 0. The molecular formula is C10H11ClO2. The van der Waals surface area contributed by atoms with Crippen molar-refractivity contribution >= 4 is 17.4 Å². The zero-order valence-electron chi connectivity index (χ0n) is 7.38. The van der Waals surface area contributed by atoms with E-state index >= 15 is 0 Å². The van der Waals surface area contributed by atoms with E-state index in [4.69, 9.17) is 11.6 Å². The molecule has 1 rings (SSSR count). The second-order valence-corrected chi connectivity index (χ2v) is 3.36. The molecule has 0 amide bonds. The van der Waals surface area contributed by atoms with Crippen LogP contribution >= 0.6 is 11.6 Å². The van der Waals surface area contributed by atoms with Gasteiger partial charge in [0.2, 0.25) is 0 Å². The van der Waals surface area contributed by atoms with Crippen molar-refractivity contribution in [2.75, 3.05) is 0 Å². The van der Waals surface area contributed by atoms with Crippen molar-refractivity contribution in [2.45, 2.75) is 19.8 Å². The van der Waals surface area contributed by atoms with Crippen molar-refractivity contribution in [3.05, 3.63) is 28.8 Å². The Morgan fingerprint density at radius 3 is 2.85 bits per heavy atom. The van der Waals surface area contributed by atoms with E-state index in [1.165, 1.54) is 6.92 Å². The molecule has 0 unspecified atom stereocenters. The molecule has 0 saturated carbocycles. The average Bonchev–Trinajstić information content (AvgIpc) is 2.07. The fourth-order valence-corrected chi connectivity index (χ4v) is 1.27.